The summed E-state index contributed by atoms with van der Waals surface area (Å²) in [5.74, 6) is 0.173. The van der Waals surface area contributed by atoms with Gasteiger partial charge in [0.05, 0.1) is 29.9 Å². The number of benzene rings is 1. The molecule has 0 bridgehead atoms. The van der Waals surface area contributed by atoms with Crippen LogP contribution in [0.1, 0.15) is 46.0 Å². The van der Waals surface area contributed by atoms with Gasteiger partial charge in [-0.2, -0.15) is 0 Å². The molecular formula is C21H31N2O5S+. The van der Waals surface area contributed by atoms with Crippen molar-refractivity contribution in [3.8, 4) is 5.75 Å². The van der Waals surface area contributed by atoms with Crippen LogP contribution in [-0.2, 0) is 19.1 Å². The number of hydrogen-bond donors (Lipinski definition) is 1. The van der Waals surface area contributed by atoms with Gasteiger partial charge in [-0.1, -0.05) is 26.2 Å². The number of amides is 2. The molecule has 3 N–H and O–H groups in total. The first-order valence-electron chi connectivity index (χ1n) is 10.2. The van der Waals surface area contributed by atoms with E-state index in [1.54, 1.807) is 31.2 Å². The topological polar surface area (TPSA) is 101 Å². The molecule has 0 unspecified atom stereocenters. The molecule has 8 heteroatoms. The van der Waals surface area contributed by atoms with Crippen LogP contribution in [0.4, 0.5) is 5.69 Å². The van der Waals surface area contributed by atoms with Crippen LogP contribution >= 0.6 is 11.8 Å². The minimum absolute atomic E-state index is 0.120. The van der Waals surface area contributed by atoms with Gasteiger partial charge in [0.15, 0.2) is 6.04 Å². The van der Waals surface area contributed by atoms with Crippen LogP contribution in [0.3, 0.4) is 0 Å². The van der Waals surface area contributed by atoms with Crippen molar-refractivity contribution in [3.05, 3.63) is 24.3 Å². The number of carbonyl (C=O) groups is 3. The highest BCUT2D eigenvalue weighted by atomic mass is 32.2. The smallest absolute Gasteiger partial charge is 0.365 e. The Balaban J connectivity index is 1.88. The monoisotopic (exact) mass is 423 g/mol. The van der Waals surface area contributed by atoms with E-state index in [4.69, 9.17) is 9.47 Å². The predicted octanol–water partition coefficient (Wildman–Crippen LogP) is 2.18. The van der Waals surface area contributed by atoms with Gasteiger partial charge in [-0.3, -0.25) is 9.59 Å². The van der Waals surface area contributed by atoms with Gasteiger partial charge in [0.2, 0.25) is 11.8 Å². The SMILES string of the molecule is CCCCCCOc1ccc(N2C(=O)C[C@@H](SC[C@H]([NH3+])C(=O)OCC)C2=O)cc1. The summed E-state index contributed by atoms with van der Waals surface area (Å²) in [6.45, 7) is 4.86. The number of thioether (sulfide) groups is 1. The molecule has 0 saturated carbocycles. The third kappa shape index (κ3) is 6.75. The summed E-state index contributed by atoms with van der Waals surface area (Å²) < 4.78 is 10.6. The molecule has 2 amide bonds. The number of quaternary nitrogens is 1. The molecule has 0 radical (unpaired) electrons. The number of esters is 1. The van der Waals surface area contributed by atoms with Gasteiger partial charge < -0.3 is 15.2 Å². The lowest BCUT2D eigenvalue weighted by Crippen LogP contribution is -2.66. The highest BCUT2D eigenvalue weighted by Gasteiger charge is 2.40. The van der Waals surface area contributed by atoms with Crippen LogP contribution in [0.15, 0.2) is 24.3 Å². The van der Waals surface area contributed by atoms with E-state index < -0.39 is 11.3 Å². The summed E-state index contributed by atoms with van der Waals surface area (Å²) in [7, 11) is 0. The van der Waals surface area contributed by atoms with Gasteiger partial charge in [-0.15, -0.1) is 11.8 Å². The fraction of sp³-hybridized carbons (Fsp3) is 0.571. The number of hydrogen-bond acceptors (Lipinski definition) is 6. The van der Waals surface area contributed by atoms with Gasteiger partial charge in [-0.05, 0) is 37.6 Å². The Bertz CT molecular complexity index is 695. The molecule has 1 heterocycles. The van der Waals surface area contributed by atoms with Crippen molar-refractivity contribution < 1.29 is 29.6 Å². The second kappa shape index (κ2) is 11.8. The lowest BCUT2D eigenvalue weighted by atomic mass is 10.2. The molecule has 2 atom stereocenters. The number of nitrogens with zero attached hydrogens (tertiary/aromatic N) is 1. The Labute approximate surface area is 176 Å². The molecule has 7 nitrogen and oxygen atoms in total. The van der Waals surface area contributed by atoms with Crippen LogP contribution < -0.4 is 15.4 Å². The molecule has 0 aromatic heterocycles. The van der Waals surface area contributed by atoms with Gasteiger partial charge >= 0.3 is 5.97 Å². The molecule has 1 saturated heterocycles. The normalized spacial score (nSPS) is 17.5. The lowest BCUT2D eigenvalue weighted by molar-refractivity contribution is -0.401. The largest absolute Gasteiger partial charge is 0.494 e. The minimum Gasteiger partial charge on any atom is -0.494 e. The Morgan fingerprint density at radius 1 is 1.21 bits per heavy atom. The summed E-state index contributed by atoms with van der Waals surface area (Å²) in [5.41, 5.74) is 4.31. The zero-order valence-electron chi connectivity index (χ0n) is 17.2. The van der Waals surface area contributed by atoms with Crippen LogP contribution in [0.5, 0.6) is 5.75 Å². The average Bonchev–Trinajstić information content (AvgIpc) is 3.00. The van der Waals surface area contributed by atoms with Gasteiger partial charge in [0.25, 0.3) is 0 Å². The van der Waals surface area contributed by atoms with Crippen molar-refractivity contribution in [1.82, 2.24) is 0 Å². The standard InChI is InChI=1S/C21H30N2O5S/c1-3-5-6-7-12-28-16-10-8-15(9-11-16)23-19(24)13-18(20(23)25)29-14-17(22)21(26)27-4-2/h8-11,17-18H,3-7,12-14,22H2,1-2H3/p+1/t17-,18+/m0/s1. The molecule has 0 spiro atoms. The number of unbranched alkanes of at least 4 members (excludes halogenated alkanes) is 3. The first-order chi connectivity index (χ1) is 14.0. The van der Waals surface area contributed by atoms with Crippen molar-refractivity contribution in [2.24, 2.45) is 0 Å². The Morgan fingerprint density at radius 2 is 1.93 bits per heavy atom. The fourth-order valence-electron chi connectivity index (χ4n) is 2.98. The summed E-state index contributed by atoms with van der Waals surface area (Å²) in [6, 6.07) is 6.46. The van der Waals surface area contributed by atoms with E-state index in [1.165, 1.54) is 29.5 Å². The molecule has 160 valence electrons. The maximum Gasteiger partial charge on any atom is 0.365 e. The van der Waals surface area contributed by atoms with E-state index in [2.05, 4.69) is 12.7 Å². The zero-order chi connectivity index (χ0) is 21.2. The molecule has 2 rings (SSSR count). The molecule has 1 aromatic carbocycles. The summed E-state index contributed by atoms with van der Waals surface area (Å²) in [4.78, 5) is 38.0. The van der Waals surface area contributed by atoms with Crippen LogP contribution in [0.25, 0.3) is 0 Å². The summed E-state index contributed by atoms with van der Waals surface area (Å²) in [6.07, 6.45) is 4.67. The van der Waals surface area contributed by atoms with Crippen LogP contribution in [0.2, 0.25) is 0 Å². The zero-order valence-corrected chi connectivity index (χ0v) is 18.0. The molecule has 0 aliphatic carbocycles. The van der Waals surface area contributed by atoms with Crippen LogP contribution in [0, 0.1) is 0 Å². The molecular weight excluding hydrogens is 392 g/mol. The highest BCUT2D eigenvalue weighted by Crippen LogP contribution is 2.30. The Hall–Kier alpha value is -2.06. The summed E-state index contributed by atoms with van der Waals surface area (Å²) >= 11 is 1.28. The van der Waals surface area contributed by atoms with Crippen molar-refractivity contribution in [2.45, 2.75) is 57.2 Å². The third-order valence-electron chi connectivity index (χ3n) is 4.59. The third-order valence-corrected chi connectivity index (χ3v) is 5.95. The first kappa shape index (κ1) is 23.2. The van der Waals surface area contributed by atoms with E-state index >= 15 is 0 Å². The molecule has 1 fully saturated rings. The van der Waals surface area contributed by atoms with E-state index in [0.717, 1.165) is 18.6 Å². The number of carbonyl (C=O) groups excluding carboxylic acids is 3. The van der Waals surface area contributed by atoms with E-state index in [-0.39, 0.29) is 24.2 Å². The number of imide groups is 1. The number of ether oxygens (including phenoxy) is 2. The number of rotatable bonds is 12. The van der Waals surface area contributed by atoms with Gasteiger partial charge in [0, 0.05) is 6.42 Å². The average molecular weight is 424 g/mol. The fourth-order valence-corrected chi connectivity index (χ4v) is 4.09. The maximum absolute atomic E-state index is 12.7. The first-order valence-corrected chi connectivity index (χ1v) is 11.2. The Morgan fingerprint density at radius 3 is 2.59 bits per heavy atom. The van der Waals surface area contributed by atoms with E-state index in [9.17, 15) is 14.4 Å². The quantitative estimate of drug-likeness (QED) is 0.314. The van der Waals surface area contributed by atoms with E-state index in [1.807, 2.05) is 0 Å². The summed E-state index contributed by atoms with van der Waals surface area (Å²) in [5, 5.41) is -0.504. The number of anilines is 1. The highest BCUT2D eigenvalue weighted by molar-refractivity contribution is 8.00. The molecule has 1 aliphatic rings. The van der Waals surface area contributed by atoms with Crippen molar-refractivity contribution in [3.63, 3.8) is 0 Å². The lowest BCUT2D eigenvalue weighted by Gasteiger charge is -2.16. The predicted molar refractivity (Wildman–Crippen MR) is 113 cm³/mol. The van der Waals surface area contributed by atoms with Crippen molar-refractivity contribution in [1.29, 1.82) is 0 Å². The molecule has 1 aliphatic heterocycles. The van der Waals surface area contributed by atoms with Crippen LogP contribution in [-0.4, -0.2) is 48.0 Å². The van der Waals surface area contributed by atoms with Crippen molar-refractivity contribution >= 4 is 35.2 Å². The molecule has 1 aromatic rings. The second-order valence-corrected chi connectivity index (χ2v) is 8.18. The molecule has 29 heavy (non-hydrogen) atoms. The van der Waals surface area contributed by atoms with Crippen molar-refractivity contribution in [2.75, 3.05) is 23.9 Å². The van der Waals surface area contributed by atoms with Gasteiger partial charge in [0.1, 0.15) is 5.75 Å². The minimum atomic E-state index is -0.564. The van der Waals surface area contributed by atoms with Gasteiger partial charge in [-0.25, -0.2) is 9.69 Å². The maximum atomic E-state index is 12.7. The Kier molecular flexibility index (Phi) is 9.47. The second-order valence-electron chi connectivity index (χ2n) is 6.95. The van der Waals surface area contributed by atoms with E-state index in [0.29, 0.717) is 24.7 Å².